The molecular weight excluding hydrogens is 546 g/mol. The molecule has 0 amide bonds. The number of hydrogen-bond acceptors (Lipinski definition) is 12. The summed E-state index contributed by atoms with van der Waals surface area (Å²) in [6, 6.07) is 7.04. The van der Waals surface area contributed by atoms with Gasteiger partial charge < -0.3 is 25.0 Å². The number of nitrogens with zero attached hydrogens (tertiary/aromatic N) is 8. The number of benzene rings is 1. The van der Waals surface area contributed by atoms with E-state index in [4.69, 9.17) is 25.2 Å². The summed E-state index contributed by atoms with van der Waals surface area (Å²) in [7, 11) is -1.99. The van der Waals surface area contributed by atoms with E-state index in [2.05, 4.69) is 24.7 Å². The maximum atomic E-state index is 13.3. The zero-order chi connectivity index (χ0) is 28.4. The van der Waals surface area contributed by atoms with Crippen molar-refractivity contribution >= 4 is 33.4 Å². The lowest BCUT2D eigenvalue weighted by Gasteiger charge is -2.28. The minimum absolute atomic E-state index is 0.205. The summed E-state index contributed by atoms with van der Waals surface area (Å²) >= 11 is 0. The van der Waals surface area contributed by atoms with E-state index >= 15 is 0 Å². The maximum absolute atomic E-state index is 13.3. The predicted octanol–water partition coefficient (Wildman–Crippen LogP) is 0.999. The van der Waals surface area contributed by atoms with Crippen molar-refractivity contribution in [2.75, 3.05) is 94.8 Å². The van der Waals surface area contributed by atoms with Crippen molar-refractivity contribution in [2.45, 2.75) is 11.3 Å². The first-order chi connectivity index (χ1) is 19.9. The molecule has 3 aliphatic heterocycles. The number of nitrogen functional groups attached to an aromatic ring is 1. The van der Waals surface area contributed by atoms with Crippen LogP contribution in [0.25, 0.3) is 11.3 Å². The fraction of sp³-hybridized carbons (Fsp3) is 0.481. The summed E-state index contributed by atoms with van der Waals surface area (Å²) in [5.74, 6) is 1.62. The van der Waals surface area contributed by atoms with E-state index in [-0.39, 0.29) is 10.8 Å². The Balaban J connectivity index is 1.26. The molecule has 0 atom stereocenters. The molecule has 0 saturated carbocycles. The molecule has 5 heterocycles. The maximum Gasteiger partial charge on any atom is 0.242 e. The van der Waals surface area contributed by atoms with E-state index in [1.165, 1.54) is 4.31 Å². The first-order valence-electron chi connectivity index (χ1n) is 13.9. The Kier molecular flexibility index (Phi) is 7.99. The molecule has 1 aromatic carbocycles. The second kappa shape index (κ2) is 11.8. The van der Waals surface area contributed by atoms with Crippen molar-refractivity contribution < 1.29 is 17.9 Å². The first-order valence-corrected chi connectivity index (χ1v) is 15.3. The molecular formula is C27H35N9O4S. The molecule has 2 saturated heterocycles. The lowest BCUT2D eigenvalue weighted by atomic mass is 10.1. The van der Waals surface area contributed by atoms with Crippen LogP contribution in [-0.2, 0) is 25.9 Å². The summed E-state index contributed by atoms with van der Waals surface area (Å²) in [5.41, 5.74) is 9.15. The highest BCUT2D eigenvalue weighted by Gasteiger charge is 2.30. The Hall–Kier alpha value is -3.43. The molecule has 2 aromatic heterocycles. The first kappa shape index (κ1) is 27.7. The van der Waals surface area contributed by atoms with Gasteiger partial charge in [-0.2, -0.15) is 9.29 Å². The summed E-state index contributed by atoms with van der Waals surface area (Å²) < 4.78 is 38.9. The van der Waals surface area contributed by atoms with E-state index in [9.17, 15) is 8.42 Å². The van der Waals surface area contributed by atoms with Crippen molar-refractivity contribution in [3.05, 3.63) is 42.2 Å². The Morgan fingerprint density at radius 2 is 1.59 bits per heavy atom. The topological polar surface area (TPSA) is 143 Å². The van der Waals surface area contributed by atoms with Gasteiger partial charge in [0.2, 0.25) is 21.9 Å². The van der Waals surface area contributed by atoms with E-state index in [1.807, 2.05) is 12.1 Å². The van der Waals surface area contributed by atoms with Crippen LogP contribution in [0.1, 0.15) is 5.56 Å². The molecule has 2 N–H and O–H groups in total. The van der Waals surface area contributed by atoms with Crippen LogP contribution in [0.15, 0.2) is 41.6 Å². The molecule has 6 rings (SSSR count). The third-order valence-electron chi connectivity index (χ3n) is 7.75. The normalized spacial score (nSPS) is 18.2. The largest absolute Gasteiger partial charge is 0.379 e. The van der Waals surface area contributed by atoms with Crippen LogP contribution in [-0.4, -0.2) is 117 Å². The SMILES string of the molecule is CN(CCN1CCOCC1)S(=O)(=O)c1ccc(N2CCc3c(-c4cnc(N)nc4)nc(N4CCOCC4)nc32)cc1. The van der Waals surface area contributed by atoms with Crippen LogP contribution in [0.3, 0.4) is 0 Å². The third kappa shape index (κ3) is 5.83. The van der Waals surface area contributed by atoms with E-state index in [0.717, 1.165) is 47.8 Å². The lowest BCUT2D eigenvalue weighted by molar-refractivity contribution is 0.0368. The number of likely N-dealkylation sites (N-methyl/N-ethyl adjacent to an activating group) is 1. The monoisotopic (exact) mass is 581 g/mol. The average Bonchev–Trinajstić information content (AvgIpc) is 3.45. The number of rotatable bonds is 8. The molecule has 14 heteroatoms. The number of fused-ring (bicyclic) bond motifs is 1. The molecule has 0 aliphatic carbocycles. The lowest BCUT2D eigenvalue weighted by Crippen LogP contribution is -2.41. The number of anilines is 4. The molecule has 218 valence electrons. The highest BCUT2D eigenvalue weighted by molar-refractivity contribution is 7.89. The zero-order valence-electron chi connectivity index (χ0n) is 23.1. The second-order valence-corrected chi connectivity index (χ2v) is 12.3. The Labute approximate surface area is 240 Å². The number of nitrogens with two attached hydrogens (primary N) is 1. The van der Waals surface area contributed by atoms with Crippen molar-refractivity contribution in [1.82, 2.24) is 29.1 Å². The number of sulfonamides is 1. The highest BCUT2D eigenvalue weighted by atomic mass is 32.2. The smallest absolute Gasteiger partial charge is 0.242 e. The van der Waals surface area contributed by atoms with Gasteiger partial charge in [-0.3, -0.25) is 4.90 Å². The van der Waals surface area contributed by atoms with Gasteiger partial charge in [0.1, 0.15) is 5.82 Å². The van der Waals surface area contributed by atoms with Crippen molar-refractivity contribution in [2.24, 2.45) is 0 Å². The molecule has 0 bridgehead atoms. The van der Waals surface area contributed by atoms with Crippen molar-refractivity contribution in [3.63, 3.8) is 0 Å². The second-order valence-electron chi connectivity index (χ2n) is 10.3. The van der Waals surface area contributed by atoms with E-state index < -0.39 is 10.0 Å². The van der Waals surface area contributed by atoms with Gasteiger partial charge in [0, 0.05) is 82.1 Å². The molecule has 0 unspecified atom stereocenters. The van der Waals surface area contributed by atoms with Crippen LogP contribution in [0, 0.1) is 0 Å². The van der Waals surface area contributed by atoms with Crippen LogP contribution in [0.5, 0.6) is 0 Å². The highest BCUT2D eigenvalue weighted by Crippen LogP contribution is 2.39. The van der Waals surface area contributed by atoms with Gasteiger partial charge in [-0.05, 0) is 30.7 Å². The van der Waals surface area contributed by atoms with Crippen LogP contribution in [0.2, 0.25) is 0 Å². The molecule has 2 fully saturated rings. The summed E-state index contributed by atoms with van der Waals surface area (Å²) in [5, 5.41) is 0. The fourth-order valence-electron chi connectivity index (χ4n) is 5.30. The average molecular weight is 582 g/mol. The van der Waals surface area contributed by atoms with Crippen LogP contribution >= 0.6 is 0 Å². The minimum Gasteiger partial charge on any atom is -0.379 e. The van der Waals surface area contributed by atoms with E-state index in [1.54, 1.807) is 31.6 Å². The number of ether oxygens (including phenoxy) is 2. The Morgan fingerprint density at radius 1 is 0.927 bits per heavy atom. The number of aromatic nitrogens is 4. The van der Waals surface area contributed by atoms with Crippen LogP contribution < -0.4 is 15.5 Å². The van der Waals surface area contributed by atoms with Gasteiger partial charge in [0.15, 0.2) is 0 Å². The summed E-state index contributed by atoms with van der Waals surface area (Å²) in [4.78, 5) is 25.0. The number of hydrogen-bond donors (Lipinski definition) is 1. The fourth-order valence-corrected chi connectivity index (χ4v) is 6.47. The van der Waals surface area contributed by atoms with Gasteiger partial charge in [0.25, 0.3) is 0 Å². The summed E-state index contributed by atoms with van der Waals surface area (Å²) in [6.07, 6.45) is 4.10. The molecule has 41 heavy (non-hydrogen) atoms. The molecule has 0 radical (unpaired) electrons. The molecule has 3 aliphatic rings. The Bertz CT molecular complexity index is 1460. The molecule has 0 spiro atoms. The van der Waals surface area contributed by atoms with Gasteiger partial charge in [0.05, 0.1) is 37.0 Å². The molecule has 13 nitrogen and oxygen atoms in total. The number of morpholine rings is 2. The van der Waals surface area contributed by atoms with Gasteiger partial charge in [-0.15, -0.1) is 0 Å². The van der Waals surface area contributed by atoms with Gasteiger partial charge in [-0.25, -0.2) is 23.4 Å². The minimum atomic E-state index is -3.62. The van der Waals surface area contributed by atoms with Crippen LogP contribution in [0.4, 0.5) is 23.4 Å². The van der Waals surface area contributed by atoms with Gasteiger partial charge in [-0.1, -0.05) is 0 Å². The summed E-state index contributed by atoms with van der Waals surface area (Å²) in [6.45, 7) is 7.42. The van der Waals surface area contributed by atoms with E-state index in [0.29, 0.717) is 65.1 Å². The zero-order valence-corrected chi connectivity index (χ0v) is 24.0. The van der Waals surface area contributed by atoms with Crippen molar-refractivity contribution in [1.29, 1.82) is 0 Å². The third-order valence-corrected chi connectivity index (χ3v) is 9.62. The molecule has 3 aromatic rings. The predicted molar refractivity (Wildman–Crippen MR) is 155 cm³/mol. The van der Waals surface area contributed by atoms with Crippen molar-refractivity contribution in [3.8, 4) is 11.3 Å². The van der Waals surface area contributed by atoms with Gasteiger partial charge >= 0.3 is 0 Å². The quantitative estimate of drug-likeness (QED) is 0.405. The standard InChI is InChI=1S/C27H35N9O4S/c1-33(8-9-34-10-14-39-15-11-34)41(37,38)22-4-2-21(3-5-22)36-7-6-23-24(20-18-29-26(28)30-19-20)31-27(32-25(23)36)35-12-16-40-17-13-35/h2-5,18-19H,6-17H2,1H3,(H2,28,29,30). The Morgan fingerprint density at radius 3 is 2.27 bits per heavy atom.